The van der Waals surface area contributed by atoms with E-state index >= 15 is 0 Å². The van der Waals surface area contributed by atoms with Gasteiger partial charge in [-0.2, -0.15) is 0 Å². The zero-order valence-corrected chi connectivity index (χ0v) is 7.61. The van der Waals surface area contributed by atoms with E-state index in [1.165, 1.54) is 12.1 Å². The van der Waals surface area contributed by atoms with E-state index in [0.29, 0.717) is 13.1 Å². The van der Waals surface area contributed by atoms with E-state index in [9.17, 15) is 9.18 Å². The SMILES string of the molecule is NC1CN(Cc2cccc(F)c2)C1=O. The summed E-state index contributed by atoms with van der Waals surface area (Å²) in [6.45, 7) is 1.01. The Balaban J connectivity index is 2.02. The molecule has 1 aliphatic heterocycles. The van der Waals surface area contributed by atoms with Crippen LogP contribution in [0, 0.1) is 5.82 Å². The van der Waals surface area contributed by atoms with Crippen LogP contribution in [0.1, 0.15) is 5.56 Å². The van der Waals surface area contributed by atoms with Gasteiger partial charge in [-0.05, 0) is 17.7 Å². The first-order valence-electron chi connectivity index (χ1n) is 4.45. The first kappa shape index (κ1) is 9.15. The number of benzene rings is 1. The van der Waals surface area contributed by atoms with Gasteiger partial charge in [0.2, 0.25) is 5.91 Å². The second-order valence-corrected chi connectivity index (χ2v) is 3.46. The number of carbonyl (C=O) groups is 1. The van der Waals surface area contributed by atoms with Gasteiger partial charge in [0.1, 0.15) is 11.9 Å². The number of rotatable bonds is 2. The molecule has 0 radical (unpaired) electrons. The minimum absolute atomic E-state index is 0.0609. The van der Waals surface area contributed by atoms with Crippen LogP contribution in [0.15, 0.2) is 24.3 Å². The summed E-state index contributed by atoms with van der Waals surface area (Å²) in [7, 11) is 0. The summed E-state index contributed by atoms with van der Waals surface area (Å²) in [5.74, 6) is -0.339. The number of halogens is 1. The highest BCUT2D eigenvalue weighted by molar-refractivity contribution is 5.87. The molecule has 3 nitrogen and oxygen atoms in total. The quantitative estimate of drug-likeness (QED) is 0.697. The van der Waals surface area contributed by atoms with Crippen molar-refractivity contribution in [3.8, 4) is 0 Å². The van der Waals surface area contributed by atoms with Gasteiger partial charge in [-0.3, -0.25) is 4.79 Å². The summed E-state index contributed by atoms with van der Waals surface area (Å²) < 4.78 is 12.8. The maximum Gasteiger partial charge on any atom is 0.241 e. The third-order valence-electron chi connectivity index (χ3n) is 2.31. The van der Waals surface area contributed by atoms with Gasteiger partial charge < -0.3 is 10.6 Å². The lowest BCUT2D eigenvalue weighted by Crippen LogP contribution is -2.60. The van der Waals surface area contributed by atoms with Crippen molar-refractivity contribution in [3.05, 3.63) is 35.6 Å². The summed E-state index contributed by atoms with van der Waals surface area (Å²) in [5.41, 5.74) is 6.23. The third kappa shape index (κ3) is 1.61. The molecule has 1 fully saturated rings. The van der Waals surface area contributed by atoms with Crippen molar-refractivity contribution in [2.45, 2.75) is 12.6 Å². The molecular weight excluding hydrogens is 183 g/mol. The Morgan fingerprint density at radius 1 is 1.57 bits per heavy atom. The number of hydrogen-bond acceptors (Lipinski definition) is 2. The zero-order valence-electron chi connectivity index (χ0n) is 7.61. The molecule has 2 rings (SSSR count). The predicted molar refractivity (Wildman–Crippen MR) is 49.8 cm³/mol. The minimum atomic E-state index is -0.358. The molecule has 0 spiro atoms. The van der Waals surface area contributed by atoms with Crippen molar-refractivity contribution in [1.82, 2.24) is 4.90 Å². The van der Waals surface area contributed by atoms with E-state index in [-0.39, 0.29) is 17.8 Å². The van der Waals surface area contributed by atoms with E-state index in [2.05, 4.69) is 0 Å². The molecule has 0 aromatic heterocycles. The van der Waals surface area contributed by atoms with Crippen LogP contribution in [0.2, 0.25) is 0 Å². The van der Waals surface area contributed by atoms with Gasteiger partial charge in [-0.25, -0.2) is 4.39 Å². The number of amides is 1. The van der Waals surface area contributed by atoms with E-state index < -0.39 is 0 Å². The van der Waals surface area contributed by atoms with Crippen LogP contribution in [0.25, 0.3) is 0 Å². The molecule has 1 aromatic rings. The number of nitrogens with two attached hydrogens (primary N) is 1. The fourth-order valence-corrected chi connectivity index (χ4v) is 1.53. The van der Waals surface area contributed by atoms with Crippen molar-refractivity contribution in [2.75, 3.05) is 6.54 Å². The first-order chi connectivity index (χ1) is 6.66. The summed E-state index contributed by atoms with van der Waals surface area (Å²) in [5, 5.41) is 0. The number of likely N-dealkylation sites (tertiary alicyclic amines) is 1. The molecule has 0 saturated carbocycles. The third-order valence-corrected chi connectivity index (χ3v) is 2.31. The lowest BCUT2D eigenvalue weighted by Gasteiger charge is -2.36. The van der Waals surface area contributed by atoms with Crippen LogP contribution >= 0.6 is 0 Å². The average molecular weight is 194 g/mol. The highest BCUT2D eigenvalue weighted by Gasteiger charge is 2.32. The number of hydrogen-bond donors (Lipinski definition) is 1. The Morgan fingerprint density at radius 2 is 2.36 bits per heavy atom. The van der Waals surface area contributed by atoms with Gasteiger partial charge in [-0.15, -0.1) is 0 Å². The fourth-order valence-electron chi connectivity index (χ4n) is 1.53. The molecule has 1 heterocycles. The molecular formula is C10H11FN2O. The Labute approximate surface area is 81.3 Å². The second-order valence-electron chi connectivity index (χ2n) is 3.46. The van der Waals surface area contributed by atoms with Gasteiger partial charge in [-0.1, -0.05) is 12.1 Å². The number of β-lactam (4-membered cyclic amide) rings is 1. The maximum absolute atomic E-state index is 12.8. The highest BCUT2D eigenvalue weighted by Crippen LogP contribution is 2.13. The smallest absolute Gasteiger partial charge is 0.241 e. The van der Waals surface area contributed by atoms with Gasteiger partial charge in [0, 0.05) is 13.1 Å². The maximum atomic E-state index is 12.8. The first-order valence-corrected chi connectivity index (χ1v) is 4.45. The lowest BCUT2D eigenvalue weighted by molar-refractivity contribution is -0.143. The van der Waals surface area contributed by atoms with Gasteiger partial charge in [0.25, 0.3) is 0 Å². The molecule has 1 aromatic carbocycles. The topological polar surface area (TPSA) is 46.3 Å². The molecule has 1 atom stereocenters. The Hall–Kier alpha value is -1.42. The number of carbonyl (C=O) groups excluding carboxylic acids is 1. The van der Waals surface area contributed by atoms with Crippen molar-refractivity contribution >= 4 is 5.91 Å². The Bertz CT molecular complexity index is 367. The fraction of sp³-hybridized carbons (Fsp3) is 0.300. The van der Waals surface area contributed by atoms with Crippen LogP contribution in [0.5, 0.6) is 0 Å². The molecule has 1 aliphatic rings. The summed E-state index contributed by atoms with van der Waals surface area (Å²) >= 11 is 0. The summed E-state index contributed by atoms with van der Waals surface area (Å²) in [6, 6.07) is 5.88. The molecule has 1 saturated heterocycles. The molecule has 4 heteroatoms. The van der Waals surface area contributed by atoms with Crippen molar-refractivity contribution in [2.24, 2.45) is 5.73 Å². The van der Waals surface area contributed by atoms with E-state index in [1.54, 1.807) is 17.0 Å². The van der Waals surface area contributed by atoms with Crippen LogP contribution in [0.3, 0.4) is 0 Å². The standard InChI is InChI=1S/C10H11FN2O/c11-8-3-1-2-7(4-8)5-13-6-9(12)10(13)14/h1-4,9H,5-6,12H2. The molecule has 74 valence electrons. The molecule has 14 heavy (non-hydrogen) atoms. The van der Waals surface area contributed by atoms with Crippen molar-refractivity contribution in [3.63, 3.8) is 0 Å². The van der Waals surface area contributed by atoms with Gasteiger partial charge in [0.15, 0.2) is 0 Å². The normalized spacial score (nSPS) is 20.9. The van der Waals surface area contributed by atoms with Gasteiger partial charge in [0.05, 0.1) is 0 Å². The lowest BCUT2D eigenvalue weighted by atomic mass is 10.1. The van der Waals surface area contributed by atoms with E-state index in [0.717, 1.165) is 5.56 Å². The zero-order chi connectivity index (χ0) is 10.1. The van der Waals surface area contributed by atoms with Crippen LogP contribution in [0.4, 0.5) is 4.39 Å². The Morgan fingerprint density at radius 3 is 2.93 bits per heavy atom. The monoisotopic (exact) mass is 194 g/mol. The molecule has 0 bridgehead atoms. The van der Waals surface area contributed by atoms with Crippen LogP contribution in [-0.2, 0) is 11.3 Å². The minimum Gasteiger partial charge on any atom is -0.335 e. The van der Waals surface area contributed by atoms with E-state index in [4.69, 9.17) is 5.73 Å². The molecule has 0 aliphatic carbocycles. The van der Waals surface area contributed by atoms with E-state index in [1.807, 2.05) is 0 Å². The van der Waals surface area contributed by atoms with Crippen LogP contribution in [-0.4, -0.2) is 23.4 Å². The Kier molecular flexibility index (Phi) is 2.21. The van der Waals surface area contributed by atoms with Crippen molar-refractivity contribution in [1.29, 1.82) is 0 Å². The predicted octanol–water partition coefficient (Wildman–Crippen LogP) is 0.495. The van der Waals surface area contributed by atoms with Gasteiger partial charge >= 0.3 is 0 Å². The largest absolute Gasteiger partial charge is 0.335 e. The molecule has 1 amide bonds. The summed E-state index contributed by atoms with van der Waals surface area (Å²) in [4.78, 5) is 12.8. The average Bonchev–Trinajstić information content (AvgIpc) is 2.17. The van der Waals surface area contributed by atoms with Crippen LogP contribution < -0.4 is 5.73 Å². The summed E-state index contributed by atoms with van der Waals surface area (Å²) in [6.07, 6.45) is 0. The molecule has 1 unspecified atom stereocenters. The van der Waals surface area contributed by atoms with Crippen molar-refractivity contribution < 1.29 is 9.18 Å². The molecule has 2 N–H and O–H groups in total. The highest BCUT2D eigenvalue weighted by atomic mass is 19.1. The number of nitrogens with zero attached hydrogens (tertiary/aromatic N) is 1. The second kappa shape index (κ2) is 3.38.